The zero-order chi connectivity index (χ0) is 26.0. The average Bonchev–Trinajstić information content (AvgIpc) is 2.81. The van der Waals surface area contributed by atoms with E-state index in [0.717, 1.165) is 0 Å². The van der Waals surface area contributed by atoms with E-state index in [1.165, 1.54) is 13.0 Å². The molecule has 9 atom stereocenters. The van der Waals surface area contributed by atoms with Crippen LogP contribution in [0.15, 0.2) is 12.7 Å². The Morgan fingerprint density at radius 3 is 2.46 bits per heavy atom. The first-order valence-corrected chi connectivity index (χ1v) is 12.7. The van der Waals surface area contributed by atoms with Crippen LogP contribution >= 0.6 is 0 Å². The molecule has 1 unspecified atom stereocenters. The number of carbonyl (C=O) groups excluding carboxylic acids is 2. The molecule has 0 aromatic heterocycles. The number of aliphatic hydroxyl groups excluding tert-OH is 2. The number of carbonyl (C=O) groups is 2. The summed E-state index contributed by atoms with van der Waals surface area (Å²) in [5.74, 6) is -2.45. The van der Waals surface area contributed by atoms with Crippen LogP contribution in [-0.2, 0) is 23.8 Å². The van der Waals surface area contributed by atoms with Gasteiger partial charge in [0.15, 0.2) is 11.4 Å². The van der Waals surface area contributed by atoms with E-state index in [0.29, 0.717) is 39.1 Å². The fraction of sp³-hybridized carbons (Fsp3) is 0.846. The van der Waals surface area contributed by atoms with Crippen molar-refractivity contribution in [3.05, 3.63) is 12.7 Å². The van der Waals surface area contributed by atoms with E-state index in [2.05, 4.69) is 6.58 Å². The minimum Gasteiger partial charge on any atom is -0.458 e. The fourth-order valence-electron chi connectivity index (χ4n) is 7.52. The van der Waals surface area contributed by atoms with Crippen LogP contribution in [0.1, 0.15) is 47.5 Å². The molecule has 9 nitrogen and oxygen atoms in total. The number of aliphatic hydroxyl groups is 3. The molecule has 0 radical (unpaired) electrons. The van der Waals surface area contributed by atoms with Gasteiger partial charge in [-0.15, -0.1) is 6.58 Å². The van der Waals surface area contributed by atoms with E-state index < -0.39 is 70.0 Å². The summed E-state index contributed by atoms with van der Waals surface area (Å²) in [6.07, 6.45) is -2.02. The highest BCUT2D eigenvalue weighted by Crippen LogP contribution is 2.66. The van der Waals surface area contributed by atoms with Gasteiger partial charge in [0.1, 0.15) is 17.8 Å². The highest BCUT2D eigenvalue weighted by atomic mass is 16.6. The highest BCUT2D eigenvalue weighted by molar-refractivity contribution is 5.93. The Morgan fingerprint density at radius 2 is 1.86 bits per heavy atom. The molecule has 0 bridgehead atoms. The third-order valence-corrected chi connectivity index (χ3v) is 9.54. The van der Waals surface area contributed by atoms with Crippen LogP contribution < -0.4 is 0 Å². The summed E-state index contributed by atoms with van der Waals surface area (Å²) in [6.45, 7) is 14.8. The quantitative estimate of drug-likeness (QED) is 0.381. The van der Waals surface area contributed by atoms with Gasteiger partial charge >= 0.3 is 5.97 Å². The van der Waals surface area contributed by atoms with Crippen molar-refractivity contribution in [2.24, 2.45) is 22.7 Å². The Kier molecular flexibility index (Phi) is 6.78. The minimum absolute atomic E-state index is 0.0338. The van der Waals surface area contributed by atoms with E-state index in [4.69, 9.17) is 14.2 Å². The number of ketones is 1. The molecule has 0 spiro atoms. The lowest BCUT2D eigenvalue weighted by atomic mass is 9.39. The van der Waals surface area contributed by atoms with Crippen LogP contribution in [0.25, 0.3) is 0 Å². The Hall–Kier alpha value is -1.36. The number of nitrogens with zero attached hydrogens (tertiary/aromatic N) is 1. The van der Waals surface area contributed by atoms with E-state index in [1.54, 1.807) is 13.8 Å². The summed E-state index contributed by atoms with van der Waals surface area (Å²) in [7, 11) is 0. The lowest BCUT2D eigenvalue weighted by Gasteiger charge is -2.70. The van der Waals surface area contributed by atoms with Gasteiger partial charge in [-0.2, -0.15) is 0 Å². The molecule has 2 aliphatic carbocycles. The average molecular weight is 496 g/mol. The molecule has 4 rings (SSSR count). The monoisotopic (exact) mass is 495 g/mol. The van der Waals surface area contributed by atoms with Gasteiger partial charge in [-0.05, 0) is 25.2 Å². The van der Waals surface area contributed by atoms with E-state index in [1.807, 2.05) is 18.7 Å². The zero-order valence-corrected chi connectivity index (χ0v) is 21.5. The smallest absolute Gasteiger partial charge is 0.320 e. The largest absolute Gasteiger partial charge is 0.458 e. The minimum atomic E-state index is -2.22. The molecule has 0 aromatic carbocycles. The molecular weight excluding hydrogens is 454 g/mol. The van der Waals surface area contributed by atoms with E-state index in [9.17, 15) is 24.9 Å². The Bertz CT molecular complexity index is 871. The van der Waals surface area contributed by atoms with Gasteiger partial charge in [0.25, 0.3) is 0 Å². The predicted molar refractivity (Wildman–Crippen MR) is 126 cm³/mol. The maximum absolute atomic E-state index is 13.9. The molecule has 2 heterocycles. The number of fused-ring (bicyclic) bond motifs is 3. The normalized spacial score (nSPS) is 47.9. The zero-order valence-electron chi connectivity index (χ0n) is 21.5. The Labute approximate surface area is 207 Å². The number of hydrogen-bond acceptors (Lipinski definition) is 9. The summed E-state index contributed by atoms with van der Waals surface area (Å²) in [6, 6.07) is 0. The Morgan fingerprint density at radius 1 is 1.23 bits per heavy atom. The molecule has 0 amide bonds. The van der Waals surface area contributed by atoms with Crippen molar-refractivity contribution in [1.82, 2.24) is 4.90 Å². The lowest BCUT2D eigenvalue weighted by molar-refractivity contribution is -0.365. The third kappa shape index (κ3) is 3.65. The van der Waals surface area contributed by atoms with Crippen molar-refractivity contribution in [1.29, 1.82) is 0 Å². The highest BCUT2D eigenvalue weighted by Gasteiger charge is 2.81. The number of esters is 1. The number of morpholine rings is 1. The summed E-state index contributed by atoms with van der Waals surface area (Å²) in [5, 5.41) is 35.5. The first-order valence-electron chi connectivity index (χ1n) is 12.7. The summed E-state index contributed by atoms with van der Waals surface area (Å²) >= 11 is 0. The maximum Gasteiger partial charge on any atom is 0.320 e. The van der Waals surface area contributed by atoms with Crippen LogP contribution in [0.4, 0.5) is 0 Å². The molecule has 2 saturated carbocycles. The molecule has 198 valence electrons. The standard InChI is InChI=1S/C26H41NO8/c1-7-16-15(2)21(30)26(32)24(5)17(28)8-9-23(3,4)20(24)19(22(31)25(26,6)35-16)34-18(29)14-27-10-12-33-13-11-27/h7,15-17,19-20,22,28,31-32H,1,8-14H2,2-6H3/t15?,16-,17-,19-,20-,22-,24-,25+,26-/m1/s1. The van der Waals surface area contributed by atoms with Gasteiger partial charge in [-0.1, -0.05) is 33.8 Å². The van der Waals surface area contributed by atoms with Crippen molar-refractivity contribution in [3.8, 4) is 0 Å². The molecule has 9 heteroatoms. The van der Waals surface area contributed by atoms with Crippen molar-refractivity contribution >= 4 is 11.8 Å². The first kappa shape index (κ1) is 26.7. The molecule has 4 fully saturated rings. The maximum atomic E-state index is 13.9. The second-order valence-electron chi connectivity index (χ2n) is 11.9. The third-order valence-electron chi connectivity index (χ3n) is 9.54. The first-order chi connectivity index (χ1) is 16.3. The van der Waals surface area contributed by atoms with E-state index >= 15 is 0 Å². The van der Waals surface area contributed by atoms with Crippen LogP contribution in [0.5, 0.6) is 0 Å². The van der Waals surface area contributed by atoms with Gasteiger partial charge in [-0.25, -0.2) is 0 Å². The fourth-order valence-corrected chi connectivity index (χ4v) is 7.52. The molecule has 4 aliphatic rings. The van der Waals surface area contributed by atoms with Crippen molar-refractivity contribution in [2.75, 3.05) is 32.8 Å². The van der Waals surface area contributed by atoms with Gasteiger partial charge in [0.05, 0.1) is 32.0 Å². The topological polar surface area (TPSA) is 126 Å². The molecule has 0 aromatic rings. The molecular formula is C26H41NO8. The van der Waals surface area contributed by atoms with Crippen LogP contribution in [-0.4, -0.2) is 100 Å². The van der Waals surface area contributed by atoms with Crippen LogP contribution in [0.3, 0.4) is 0 Å². The second-order valence-corrected chi connectivity index (χ2v) is 11.9. The van der Waals surface area contributed by atoms with Crippen molar-refractivity contribution in [2.45, 2.75) is 83.1 Å². The number of rotatable bonds is 4. The molecule has 35 heavy (non-hydrogen) atoms. The van der Waals surface area contributed by atoms with Gasteiger partial charge in [0.2, 0.25) is 0 Å². The van der Waals surface area contributed by atoms with Gasteiger partial charge < -0.3 is 29.5 Å². The van der Waals surface area contributed by atoms with Crippen LogP contribution in [0.2, 0.25) is 0 Å². The van der Waals surface area contributed by atoms with Gasteiger partial charge in [0, 0.05) is 30.3 Å². The number of ether oxygens (including phenoxy) is 3. The summed E-state index contributed by atoms with van der Waals surface area (Å²) in [5.41, 5.74) is -6.05. The molecule has 3 N–H and O–H groups in total. The van der Waals surface area contributed by atoms with Gasteiger partial charge in [-0.3, -0.25) is 14.5 Å². The second kappa shape index (κ2) is 8.89. The lowest BCUT2D eigenvalue weighted by Crippen LogP contribution is -2.86. The Balaban J connectivity index is 1.80. The van der Waals surface area contributed by atoms with Crippen molar-refractivity contribution < 1.29 is 39.1 Å². The number of hydrogen-bond donors (Lipinski definition) is 3. The van der Waals surface area contributed by atoms with Crippen molar-refractivity contribution in [3.63, 3.8) is 0 Å². The summed E-state index contributed by atoms with van der Waals surface area (Å²) in [4.78, 5) is 28.9. The summed E-state index contributed by atoms with van der Waals surface area (Å²) < 4.78 is 17.6. The number of Topliss-reactive ketones (excluding diaryl/α,β-unsaturated/α-hetero) is 1. The molecule has 2 aliphatic heterocycles. The van der Waals surface area contributed by atoms with E-state index in [-0.39, 0.29) is 6.54 Å². The predicted octanol–water partition coefficient (Wildman–Crippen LogP) is 0.688. The SMILES string of the molecule is C=C[C@H]1O[C@@]2(C)[C@H](O)[C@H](OC(=O)CN3CCOCC3)[C@@H]3C(C)(C)CC[C@@H](O)[C@@]3(C)[C@]2(O)C(=O)C1C. The van der Waals surface area contributed by atoms with Crippen LogP contribution in [0, 0.1) is 22.7 Å². The molecule has 2 saturated heterocycles.